The van der Waals surface area contributed by atoms with Crippen LogP contribution in [0.25, 0.3) is 0 Å². The van der Waals surface area contributed by atoms with Gasteiger partial charge in [-0.25, -0.2) is 8.42 Å². The molecule has 0 heterocycles. The fourth-order valence-electron chi connectivity index (χ4n) is 1.03. The van der Waals surface area contributed by atoms with Crippen molar-refractivity contribution in [3.05, 3.63) is 29.8 Å². The van der Waals surface area contributed by atoms with Crippen LogP contribution < -0.4 is 5.32 Å². The molecule has 15 heavy (non-hydrogen) atoms. The Morgan fingerprint density at radius 2 is 1.87 bits per heavy atom. The van der Waals surface area contributed by atoms with Gasteiger partial charge in [-0.1, -0.05) is 12.1 Å². The van der Waals surface area contributed by atoms with E-state index in [-0.39, 0.29) is 11.4 Å². The van der Waals surface area contributed by atoms with E-state index in [4.69, 9.17) is 11.6 Å². The Labute approximate surface area is 93.2 Å². The van der Waals surface area contributed by atoms with E-state index in [9.17, 15) is 13.2 Å². The molecule has 1 N–H and O–H groups in total. The number of carbonyl (C=O) groups excluding carboxylic acids is 1. The molecule has 0 aliphatic carbocycles. The summed E-state index contributed by atoms with van der Waals surface area (Å²) >= 11 is 5.09. The Balaban J connectivity index is 2.77. The van der Waals surface area contributed by atoms with Crippen LogP contribution in [0.5, 0.6) is 0 Å². The number of hydrogen-bond acceptors (Lipinski definition) is 3. The lowest BCUT2D eigenvalue weighted by Crippen LogP contribution is -2.15. The van der Waals surface area contributed by atoms with Gasteiger partial charge >= 0.3 is 5.37 Å². The first kappa shape index (κ1) is 12.0. The number of hydrogen-bond donors (Lipinski definition) is 1. The van der Waals surface area contributed by atoms with Gasteiger partial charge in [0.1, 0.15) is 0 Å². The lowest BCUT2D eigenvalue weighted by Gasteiger charge is -2.02. The van der Waals surface area contributed by atoms with Gasteiger partial charge in [-0.05, 0) is 29.3 Å². The van der Waals surface area contributed by atoms with Crippen LogP contribution in [0.3, 0.4) is 0 Å². The highest BCUT2D eigenvalue weighted by molar-refractivity contribution is 7.90. The molecule has 1 rings (SSSR count). The molecule has 0 saturated heterocycles. The fraction of sp³-hybridized carbons (Fsp3) is 0.222. The molecule has 0 aliphatic rings. The molecular weight excluding hydrogens is 238 g/mol. The standard InChI is InChI=1S/C9H10ClNO3S/c1-15(13,14)8-4-2-7(3-5-8)6-11-9(10)12/h2-5H,6H2,1H3,(H,11,12). The highest BCUT2D eigenvalue weighted by atomic mass is 35.5. The second-order valence-corrected chi connectivity index (χ2v) is 5.40. The molecule has 0 spiro atoms. The number of rotatable bonds is 3. The van der Waals surface area contributed by atoms with E-state index in [2.05, 4.69) is 5.32 Å². The summed E-state index contributed by atoms with van der Waals surface area (Å²) < 4.78 is 22.2. The predicted octanol–water partition coefficient (Wildman–Crippen LogP) is 1.54. The normalized spacial score (nSPS) is 11.1. The van der Waals surface area contributed by atoms with E-state index in [0.717, 1.165) is 11.8 Å². The summed E-state index contributed by atoms with van der Waals surface area (Å²) in [6.07, 6.45) is 1.14. The van der Waals surface area contributed by atoms with Crippen LogP contribution in [0.1, 0.15) is 5.56 Å². The Kier molecular flexibility index (Phi) is 3.71. The maximum Gasteiger partial charge on any atom is 0.314 e. The molecule has 0 radical (unpaired) electrons. The molecule has 0 unspecified atom stereocenters. The van der Waals surface area contributed by atoms with Gasteiger partial charge < -0.3 is 5.32 Å². The van der Waals surface area contributed by atoms with Crippen molar-refractivity contribution in [3.63, 3.8) is 0 Å². The first-order valence-corrected chi connectivity index (χ1v) is 6.39. The van der Waals surface area contributed by atoms with Crippen molar-refractivity contribution in [2.45, 2.75) is 11.4 Å². The van der Waals surface area contributed by atoms with Crippen LogP contribution >= 0.6 is 11.6 Å². The van der Waals surface area contributed by atoms with Crippen LogP contribution in [0.15, 0.2) is 29.2 Å². The number of sulfone groups is 1. The Morgan fingerprint density at radius 3 is 2.27 bits per heavy atom. The van der Waals surface area contributed by atoms with Gasteiger partial charge in [-0.3, -0.25) is 4.79 Å². The largest absolute Gasteiger partial charge is 0.339 e. The molecule has 82 valence electrons. The minimum atomic E-state index is -3.16. The Hall–Kier alpha value is -1.07. The molecule has 0 saturated carbocycles. The lowest BCUT2D eigenvalue weighted by molar-refractivity contribution is 0.259. The quantitative estimate of drug-likeness (QED) is 0.651. The molecule has 0 atom stereocenters. The van der Waals surface area contributed by atoms with Crippen LogP contribution in [0.2, 0.25) is 0 Å². The number of amides is 1. The van der Waals surface area contributed by atoms with E-state index >= 15 is 0 Å². The average Bonchev–Trinajstić information content (AvgIpc) is 2.14. The Bertz CT molecular complexity index is 453. The summed E-state index contributed by atoms with van der Waals surface area (Å²) in [7, 11) is -3.16. The lowest BCUT2D eigenvalue weighted by atomic mass is 10.2. The van der Waals surface area contributed by atoms with Crippen LogP contribution in [0.4, 0.5) is 4.79 Å². The Morgan fingerprint density at radius 1 is 1.33 bits per heavy atom. The number of benzene rings is 1. The molecule has 1 amide bonds. The molecule has 1 aromatic carbocycles. The van der Waals surface area contributed by atoms with Gasteiger partial charge in [0.05, 0.1) is 4.90 Å². The second-order valence-electron chi connectivity index (χ2n) is 3.04. The van der Waals surface area contributed by atoms with E-state index in [1.807, 2.05) is 0 Å². The summed E-state index contributed by atoms with van der Waals surface area (Å²) in [6, 6.07) is 6.24. The number of carbonyl (C=O) groups is 1. The fourth-order valence-corrected chi connectivity index (χ4v) is 1.72. The van der Waals surface area contributed by atoms with Gasteiger partial charge in [0.25, 0.3) is 0 Å². The summed E-state index contributed by atoms with van der Waals surface area (Å²) in [5.41, 5.74) is 0.788. The highest BCUT2D eigenvalue weighted by Gasteiger charge is 2.05. The molecule has 4 nitrogen and oxygen atoms in total. The van der Waals surface area contributed by atoms with Gasteiger partial charge in [-0.15, -0.1) is 0 Å². The van der Waals surface area contributed by atoms with Gasteiger partial charge in [-0.2, -0.15) is 0 Å². The third kappa shape index (κ3) is 3.89. The van der Waals surface area contributed by atoms with Crippen molar-refractivity contribution >= 4 is 26.8 Å². The maximum atomic E-state index is 11.1. The van der Waals surface area contributed by atoms with Crippen molar-refractivity contribution in [2.75, 3.05) is 6.26 Å². The zero-order valence-corrected chi connectivity index (χ0v) is 9.60. The highest BCUT2D eigenvalue weighted by Crippen LogP contribution is 2.10. The molecule has 0 aromatic heterocycles. The summed E-state index contributed by atoms with van der Waals surface area (Å²) in [4.78, 5) is 10.7. The average molecular weight is 248 g/mol. The SMILES string of the molecule is CS(=O)(=O)c1ccc(CNC(=O)Cl)cc1. The number of nitrogens with one attached hydrogen (secondary N) is 1. The minimum Gasteiger partial charge on any atom is -0.339 e. The van der Waals surface area contributed by atoms with E-state index in [0.29, 0.717) is 0 Å². The van der Waals surface area contributed by atoms with Gasteiger partial charge in [0.2, 0.25) is 0 Å². The molecule has 0 aliphatic heterocycles. The van der Waals surface area contributed by atoms with Crippen molar-refractivity contribution in [1.29, 1.82) is 0 Å². The molecule has 1 aromatic rings. The first-order chi connectivity index (χ1) is 6.89. The van der Waals surface area contributed by atoms with E-state index in [1.54, 1.807) is 12.1 Å². The van der Waals surface area contributed by atoms with Crippen molar-refractivity contribution in [3.8, 4) is 0 Å². The topological polar surface area (TPSA) is 63.2 Å². The monoisotopic (exact) mass is 247 g/mol. The third-order valence-corrected chi connectivity index (χ3v) is 3.05. The molecular formula is C9H10ClNO3S. The van der Waals surface area contributed by atoms with Crippen molar-refractivity contribution in [2.24, 2.45) is 0 Å². The predicted molar refractivity (Wildman–Crippen MR) is 57.6 cm³/mol. The third-order valence-electron chi connectivity index (χ3n) is 1.78. The smallest absolute Gasteiger partial charge is 0.314 e. The minimum absolute atomic E-state index is 0.253. The molecule has 0 bridgehead atoms. The summed E-state index contributed by atoms with van der Waals surface area (Å²) in [5.74, 6) is 0. The van der Waals surface area contributed by atoms with E-state index < -0.39 is 15.2 Å². The summed E-state index contributed by atoms with van der Waals surface area (Å²) in [6.45, 7) is 0.284. The van der Waals surface area contributed by atoms with Crippen LogP contribution in [0, 0.1) is 0 Å². The van der Waals surface area contributed by atoms with Gasteiger partial charge in [0, 0.05) is 12.8 Å². The van der Waals surface area contributed by atoms with Crippen LogP contribution in [-0.2, 0) is 16.4 Å². The molecule has 6 heteroatoms. The second kappa shape index (κ2) is 4.63. The number of halogens is 1. The van der Waals surface area contributed by atoms with E-state index in [1.165, 1.54) is 12.1 Å². The van der Waals surface area contributed by atoms with Gasteiger partial charge in [0.15, 0.2) is 9.84 Å². The summed E-state index contributed by atoms with van der Waals surface area (Å²) in [5, 5.41) is 1.76. The van der Waals surface area contributed by atoms with Crippen LogP contribution in [-0.4, -0.2) is 20.0 Å². The zero-order chi connectivity index (χ0) is 11.5. The van der Waals surface area contributed by atoms with Crippen molar-refractivity contribution in [1.82, 2.24) is 5.32 Å². The zero-order valence-electron chi connectivity index (χ0n) is 8.03. The first-order valence-electron chi connectivity index (χ1n) is 4.12. The molecule has 0 fully saturated rings. The maximum absolute atomic E-state index is 11.1. The van der Waals surface area contributed by atoms with Crippen molar-refractivity contribution < 1.29 is 13.2 Å².